The van der Waals surface area contributed by atoms with E-state index in [4.69, 9.17) is 14.2 Å². The van der Waals surface area contributed by atoms with Gasteiger partial charge in [-0.15, -0.1) is 0 Å². The van der Waals surface area contributed by atoms with Crippen LogP contribution < -0.4 is 0 Å². The van der Waals surface area contributed by atoms with Crippen molar-refractivity contribution in [2.45, 2.75) is 95.4 Å². The Bertz CT molecular complexity index is 1240. The highest BCUT2D eigenvalue weighted by molar-refractivity contribution is 6.05. The van der Waals surface area contributed by atoms with Crippen molar-refractivity contribution in [2.75, 3.05) is 26.7 Å². The van der Waals surface area contributed by atoms with Crippen LogP contribution in [0.15, 0.2) is 40.1 Å². The molecular formula is C31H42N2O6. The summed E-state index contributed by atoms with van der Waals surface area (Å²) in [4.78, 5) is 20.0. The minimum absolute atomic E-state index is 0.252. The van der Waals surface area contributed by atoms with Crippen LogP contribution in [0.2, 0.25) is 0 Å². The molecule has 2 saturated carbocycles. The van der Waals surface area contributed by atoms with Crippen LogP contribution in [0.3, 0.4) is 0 Å². The zero-order chi connectivity index (χ0) is 27.6. The predicted molar refractivity (Wildman–Crippen MR) is 145 cm³/mol. The number of aliphatic hydroxyl groups excluding tert-OH is 1. The number of carbonyl (C=O) groups excluding carboxylic acids is 1. The second kappa shape index (κ2) is 8.13. The third-order valence-corrected chi connectivity index (χ3v) is 11.8. The molecule has 39 heavy (non-hydrogen) atoms. The molecule has 5 fully saturated rings. The molecule has 4 heterocycles. The SMILES string of the molecule is CC1=CN=C(C)C1C(=O)O[C@@H](C)C1=CC[C@@]23OCCN(C)C[C@@]12C[C@@H](O)[C@]12O[C@@]4(O)CC[C@@]1(C)[C@H](CC=C32)C4. The Kier molecular flexibility index (Phi) is 5.44. The zero-order valence-corrected chi connectivity index (χ0v) is 23.8. The van der Waals surface area contributed by atoms with Crippen molar-refractivity contribution in [3.63, 3.8) is 0 Å². The molecule has 0 aromatic carbocycles. The fourth-order valence-corrected chi connectivity index (χ4v) is 9.96. The molecule has 1 spiro atoms. The summed E-state index contributed by atoms with van der Waals surface area (Å²) in [6, 6.07) is 0. The first kappa shape index (κ1) is 26.1. The van der Waals surface area contributed by atoms with Gasteiger partial charge >= 0.3 is 5.97 Å². The minimum atomic E-state index is -1.22. The van der Waals surface area contributed by atoms with Gasteiger partial charge in [-0.05, 0) is 76.1 Å². The highest BCUT2D eigenvalue weighted by atomic mass is 16.7. The molecule has 8 nitrogen and oxygen atoms in total. The summed E-state index contributed by atoms with van der Waals surface area (Å²) in [5.41, 5.74) is 1.07. The zero-order valence-electron chi connectivity index (χ0n) is 23.8. The fraction of sp³-hybridized carbons (Fsp3) is 0.742. The third-order valence-electron chi connectivity index (χ3n) is 11.8. The summed E-state index contributed by atoms with van der Waals surface area (Å²) in [7, 11) is 2.10. The molecule has 8 aliphatic rings. The Balaban J connectivity index is 1.31. The van der Waals surface area contributed by atoms with Gasteiger partial charge in [-0.2, -0.15) is 0 Å². The van der Waals surface area contributed by atoms with E-state index in [9.17, 15) is 15.0 Å². The number of hydrogen-bond donors (Lipinski definition) is 2. The van der Waals surface area contributed by atoms with Gasteiger partial charge in [0.15, 0.2) is 5.79 Å². The smallest absolute Gasteiger partial charge is 0.319 e. The van der Waals surface area contributed by atoms with E-state index in [0.29, 0.717) is 38.8 Å². The van der Waals surface area contributed by atoms with E-state index in [1.54, 1.807) is 6.20 Å². The van der Waals surface area contributed by atoms with Crippen LogP contribution in [0, 0.1) is 22.7 Å². The molecule has 2 N–H and O–H groups in total. The number of esters is 1. The number of rotatable bonds is 3. The van der Waals surface area contributed by atoms with Gasteiger partial charge in [0.1, 0.15) is 23.2 Å². The van der Waals surface area contributed by atoms with E-state index in [2.05, 4.69) is 36.0 Å². The number of hydrogen-bond acceptors (Lipinski definition) is 8. The number of ether oxygens (including phenoxy) is 3. The molecule has 1 unspecified atom stereocenters. The van der Waals surface area contributed by atoms with Gasteiger partial charge in [-0.25, -0.2) is 0 Å². The highest BCUT2D eigenvalue weighted by Crippen LogP contribution is 2.74. The van der Waals surface area contributed by atoms with Gasteiger partial charge < -0.3 is 29.3 Å². The average Bonchev–Trinajstić information content (AvgIpc) is 3.31. The van der Waals surface area contributed by atoms with Gasteiger partial charge in [0.2, 0.25) is 0 Å². The Morgan fingerprint density at radius 3 is 2.79 bits per heavy atom. The second-order valence-electron chi connectivity index (χ2n) is 13.7. The van der Waals surface area contributed by atoms with Crippen molar-refractivity contribution >= 4 is 11.7 Å². The van der Waals surface area contributed by atoms with E-state index < -0.39 is 40.5 Å². The van der Waals surface area contributed by atoms with Crippen molar-refractivity contribution in [2.24, 2.45) is 27.7 Å². The number of allylic oxidation sites excluding steroid dienone is 1. The van der Waals surface area contributed by atoms with Crippen LogP contribution in [0.4, 0.5) is 0 Å². The molecule has 0 amide bonds. The van der Waals surface area contributed by atoms with Gasteiger partial charge in [0.25, 0.3) is 0 Å². The standard InChI is InChI=1S/C31H42N2O6/c1-18-16-32-19(2)25(18)26(35)38-20(3)22-8-9-30-23-7-6-21-14-29(36)11-10-27(21,4)31(23,39-29)24(34)15-28(22,30)17-33(5)12-13-37-30/h7-8,16,20-21,24-25,34,36H,6,9-15,17H2,1-5H3/t20-,21+,24+,25?,27-,28-,29-,30-,31-/m0/s1. The van der Waals surface area contributed by atoms with Crippen LogP contribution in [-0.2, 0) is 19.0 Å². The summed E-state index contributed by atoms with van der Waals surface area (Å²) in [6.45, 7) is 9.99. The molecule has 0 aromatic rings. The van der Waals surface area contributed by atoms with Crippen LogP contribution in [0.1, 0.15) is 66.2 Å². The average molecular weight is 539 g/mol. The quantitative estimate of drug-likeness (QED) is 0.420. The summed E-state index contributed by atoms with van der Waals surface area (Å²) in [5.74, 6) is -1.70. The van der Waals surface area contributed by atoms with Crippen molar-refractivity contribution in [1.29, 1.82) is 0 Å². The van der Waals surface area contributed by atoms with Crippen molar-refractivity contribution < 1.29 is 29.2 Å². The maximum absolute atomic E-state index is 13.4. The molecule has 8 rings (SSSR count). The van der Waals surface area contributed by atoms with Crippen LogP contribution in [-0.4, -0.2) is 82.7 Å². The first-order valence-electron chi connectivity index (χ1n) is 14.7. The Morgan fingerprint density at radius 2 is 2.05 bits per heavy atom. The van der Waals surface area contributed by atoms with E-state index >= 15 is 0 Å². The number of nitrogens with zero attached hydrogens (tertiary/aromatic N) is 2. The third kappa shape index (κ3) is 3.07. The minimum Gasteiger partial charge on any atom is -0.457 e. The maximum Gasteiger partial charge on any atom is 0.319 e. The highest BCUT2D eigenvalue weighted by Gasteiger charge is 2.79. The molecule has 4 bridgehead atoms. The van der Waals surface area contributed by atoms with Crippen LogP contribution in [0.5, 0.6) is 0 Å². The largest absolute Gasteiger partial charge is 0.457 e. The Hall–Kier alpha value is -1.84. The number of aliphatic hydroxyl groups is 2. The van der Waals surface area contributed by atoms with E-state index in [0.717, 1.165) is 41.8 Å². The van der Waals surface area contributed by atoms with E-state index in [1.165, 1.54) is 0 Å². The van der Waals surface area contributed by atoms with E-state index in [1.807, 2.05) is 20.8 Å². The lowest BCUT2D eigenvalue weighted by Gasteiger charge is -2.73. The molecule has 4 aliphatic carbocycles. The topological polar surface area (TPSA) is 101 Å². The number of fused-ring (bicyclic) bond motifs is 1. The monoisotopic (exact) mass is 538 g/mol. The van der Waals surface area contributed by atoms with Crippen molar-refractivity contribution in [3.05, 3.63) is 35.1 Å². The summed E-state index contributed by atoms with van der Waals surface area (Å²) in [5, 5.41) is 23.8. The number of aliphatic imine (C=N–C) groups is 1. The molecule has 8 heteroatoms. The van der Waals surface area contributed by atoms with E-state index in [-0.39, 0.29) is 17.3 Å². The van der Waals surface area contributed by atoms with Crippen LogP contribution >= 0.6 is 0 Å². The van der Waals surface area contributed by atoms with Crippen molar-refractivity contribution in [3.8, 4) is 0 Å². The molecule has 4 aliphatic heterocycles. The maximum atomic E-state index is 13.4. The lowest BCUT2D eigenvalue weighted by atomic mass is 9.41. The van der Waals surface area contributed by atoms with Crippen LogP contribution in [0.25, 0.3) is 0 Å². The molecule has 212 valence electrons. The lowest BCUT2D eigenvalue weighted by Crippen LogP contribution is -2.79. The summed E-state index contributed by atoms with van der Waals surface area (Å²) >= 11 is 0. The fourth-order valence-electron chi connectivity index (χ4n) is 9.96. The molecular weight excluding hydrogens is 496 g/mol. The van der Waals surface area contributed by atoms with Gasteiger partial charge in [0, 0.05) is 48.7 Å². The Labute approximate surface area is 230 Å². The molecule has 9 atom stereocenters. The number of carbonyl (C=O) groups is 1. The van der Waals surface area contributed by atoms with Gasteiger partial charge in [-0.3, -0.25) is 9.79 Å². The lowest BCUT2D eigenvalue weighted by molar-refractivity contribution is -0.401. The molecule has 0 radical (unpaired) electrons. The second-order valence-corrected chi connectivity index (χ2v) is 13.7. The number of likely N-dealkylation sites (N-methyl/N-ethyl adjacent to an activating group) is 1. The normalized spacial score (nSPS) is 49.1. The Morgan fingerprint density at radius 1 is 1.26 bits per heavy atom. The van der Waals surface area contributed by atoms with Gasteiger partial charge in [0.05, 0.1) is 12.7 Å². The predicted octanol–water partition coefficient (Wildman–Crippen LogP) is 3.29. The first-order valence-corrected chi connectivity index (χ1v) is 14.7. The molecule has 0 aromatic heterocycles. The summed E-state index contributed by atoms with van der Waals surface area (Å²) < 4.78 is 19.9. The van der Waals surface area contributed by atoms with Gasteiger partial charge in [-0.1, -0.05) is 19.1 Å². The molecule has 3 saturated heterocycles. The first-order chi connectivity index (χ1) is 18.4. The van der Waals surface area contributed by atoms with Crippen molar-refractivity contribution in [1.82, 2.24) is 4.90 Å². The summed E-state index contributed by atoms with van der Waals surface area (Å²) in [6.07, 6.45) is 8.81.